The second-order valence-corrected chi connectivity index (χ2v) is 6.14. The highest BCUT2D eigenvalue weighted by Crippen LogP contribution is 2.26. The molecule has 1 aliphatic rings. The number of hydrogen-bond acceptors (Lipinski definition) is 3. The van der Waals surface area contributed by atoms with Crippen molar-refractivity contribution in [2.75, 3.05) is 6.61 Å². The van der Waals surface area contributed by atoms with Crippen LogP contribution in [0.2, 0.25) is 5.02 Å². The van der Waals surface area contributed by atoms with Crippen LogP contribution in [0.3, 0.4) is 0 Å². The number of benzene rings is 1. The van der Waals surface area contributed by atoms with E-state index in [1.165, 1.54) is 0 Å². The first-order valence-corrected chi connectivity index (χ1v) is 7.90. The van der Waals surface area contributed by atoms with E-state index in [0.717, 1.165) is 29.7 Å². The summed E-state index contributed by atoms with van der Waals surface area (Å²) < 4.78 is 5.38. The van der Waals surface area contributed by atoms with Crippen molar-refractivity contribution < 1.29 is 9.53 Å². The van der Waals surface area contributed by atoms with Crippen molar-refractivity contribution in [3.63, 3.8) is 0 Å². The van der Waals surface area contributed by atoms with Gasteiger partial charge in [-0.15, -0.1) is 0 Å². The lowest BCUT2D eigenvalue weighted by molar-refractivity contribution is -0.123. The molecule has 0 heterocycles. The molecule has 5 heteroatoms. The van der Waals surface area contributed by atoms with Crippen molar-refractivity contribution in [2.45, 2.75) is 26.7 Å². The fourth-order valence-corrected chi connectivity index (χ4v) is 2.39. The Morgan fingerprint density at radius 2 is 2.13 bits per heavy atom. The number of carbonyl (C=O) groups excluding carboxylic acids is 1. The molecule has 2 rings (SSSR count). The van der Waals surface area contributed by atoms with Crippen LogP contribution in [0.5, 0.6) is 5.75 Å². The molecule has 1 aromatic carbocycles. The summed E-state index contributed by atoms with van der Waals surface area (Å²) >= 11 is 5.79. The predicted molar refractivity (Wildman–Crippen MR) is 93.8 cm³/mol. The third-order valence-corrected chi connectivity index (χ3v) is 4.05. The average Bonchev–Trinajstić information content (AvgIpc) is 2.53. The van der Waals surface area contributed by atoms with Gasteiger partial charge in [0.1, 0.15) is 5.75 Å². The standard InChI is InChI=1S/C18H21ClN2O2/c1-12(2)14-5-4-13(3)17(10-14)20-21-18(22)11-23-16-8-6-15(19)7-9-16/h4,6-9,14H,1,5,10-11H2,2-3H3,(H,21,22)/t14-/m1/s1. The maximum Gasteiger partial charge on any atom is 0.277 e. The van der Waals surface area contributed by atoms with Gasteiger partial charge in [-0.2, -0.15) is 5.10 Å². The number of carbonyl (C=O) groups is 1. The van der Waals surface area contributed by atoms with Crippen LogP contribution < -0.4 is 10.2 Å². The molecular weight excluding hydrogens is 312 g/mol. The Kier molecular flexibility index (Phi) is 5.99. The van der Waals surface area contributed by atoms with Crippen molar-refractivity contribution in [1.82, 2.24) is 5.43 Å². The highest BCUT2D eigenvalue weighted by molar-refractivity contribution is 6.30. The summed E-state index contributed by atoms with van der Waals surface area (Å²) in [4.78, 5) is 11.8. The van der Waals surface area contributed by atoms with Crippen LogP contribution in [0.1, 0.15) is 26.7 Å². The van der Waals surface area contributed by atoms with Gasteiger partial charge in [0.05, 0.1) is 5.71 Å². The highest BCUT2D eigenvalue weighted by atomic mass is 35.5. The van der Waals surface area contributed by atoms with Gasteiger partial charge in [0.15, 0.2) is 6.61 Å². The van der Waals surface area contributed by atoms with Crippen LogP contribution in [0.15, 0.2) is 53.2 Å². The molecule has 4 nitrogen and oxygen atoms in total. The summed E-state index contributed by atoms with van der Waals surface area (Å²) in [6.07, 6.45) is 3.92. The van der Waals surface area contributed by atoms with Crippen LogP contribution in [0, 0.1) is 5.92 Å². The fourth-order valence-electron chi connectivity index (χ4n) is 2.27. The minimum absolute atomic E-state index is 0.0922. The van der Waals surface area contributed by atoms with Gasteiger partial charge >= 0.3 is 0 Å². The Balaban J connectivity index is 1.87. The first kappa shape index (κ1) is 17.3. The minimum Gasteiger partial charge on any atom is -0.484 e. The lowest BCUT2D eigenvalue weighted by Crippen LogP contribution is -2.27. The third-order valence-electron chi connectivity index (χ3n) is 3.80. The van der Waals surface area contributed by atoms with Crippen molar-refractivity contribution in [3.05, 3.63) is 53.1 Å². The Labute approximate surface area is 141 Å². The zero-order chi connectivity index (χ0) is 16.8. The lowest BCUT2D eigenvalue weighted by atomic mass is 9.85. The van der Waals surface area contributed by atoms with Gasteiger partial charge in [0.2, 0.25) is 0 Å². The molecule has 0 spiro atoms. The molecule has 0 radical (unpaired) electrons. The number of halogens is 1. The molecule has 0 aliphatic heterocycles. The van der Waals surface area contributed by atoms with E-state index in [0.29, 0.717) is 16.7 Å². The maximum absolute atomic E-state index is 11.8. The molecule has 0 aromatic heterocycles. The van der Waals surface area contributed by atoms with Gasteiger partial charge in [0.25, 0.3) is 5.91 Å². The van der Waals surface area contributed by atoms with Crippen molar-refractivity contribution in [3.8, 4) is 5.75 Å². The Morgan fingerprint density at radius 3 is 2.78 bits per heavy atom. The molecule has 1 N–H and O–H groups in total. The third kappa shape index (κ3) is 5.25. The van der Waals surface area contributed by atoms with E-state index in [-0.39, 0.29) is 12.5 Å². The number of nitrogens with one attached hydrogen (secondary N) is 1. The summed E-state index contributed by atoms with van der Waals surface area (Å²) in [5.41, 5.74) is 5.68. The number of amides is 1. The van der Waals surface area contributed by atoms with Crippen molar-refractivity contribution in [2.24, 2.45) is 11.0 Å². The molecule has 0 saturated carbocycles. The number of allylic oxidation sites excluding steroid dienone is 3. The quantitative estimate of drug-likeness (QED) is 0.651. The Hall–Kier alpha value is -2.07. The maximum atomic E-state index is 11.8. The van der Waals surface area contributed by atoms with Crippen LogP contribution in [-0.2, 0) is 4.79 Å². The summed E-state index contributed by atoms with van der Waals surface area (Å²) in [6, 6.07) is 6.85. The first-order chi connectivity index (χ1) is 11.0. The molecule has 0 unspecified atom stereocenters. The van der Waals surface area contributed by atoms with E-state index in [1.807, 2.05) is 13.8 Å². The second-order valence-electron chi connectivity index (χ2n) is 5.71. The molecule has 1 aliphatic carbocycles. The fraction of sp³-hybridized carbons (Fsp3) is 0.333. The summed E-state index contributed by atoms with van der Waals surface area (Å²) in [7, 11) is 0. The monoisotopic (exact) mass is 332 g/mol. The van der Waals surface area contributed by atoms with Crippen LogP contribution >= 0.6 is 11.6 Å². The minimum atomic E-state index is -0.294. The van der Waals surface area contributed by atoms with E-state index < -0.39 is 0 Å². The van der Waals surface area contributed by atoms with E-state index in [4.69, 9.17) is 16.3 Å². The van der Waals surface area contributed by atoms with Gasteiger partial charge in [-0.3, -0.25) is 4.79 Å². The number of hydrazone groups is 1. The lowest BCUT2D eigenvalue weighted by Gasteiger charge is -2.22. The van der Waals surface area contributed by atoms with Gasteiger partial charge < -0.3 is 4.74 Å². The van der Waals surface area contributed by atoms with E-state index >= 15 is 0 Å². The summed E-state index contributed by atoms with van der Waals surface area (Å²) in [5.74, 6) is 0.686. The van der Waals surface area contributed by atoms with Crippen LogP contribution in [0.25, 0.3) is 0 Å². The van der Waals surface area contributed by atoms with E-state index in [1.54, 1.807) is 24.3 Å². The first-order valence-electron chi connectivity index (χ1n) is 7.52. The van der Waals surface area contributed by atoms with Gasteiger partial charge in [-0.05, 0) is 62.4 Å². The van der Waals surface area contributed by atoms with Crippen molar-refractivity contribution in [1.29, 1.82) is 0 Å². The zero-order valence-electron chi connectivity index (χ0n) is 13.4. The summed E-state index contributed by atoms with van der Waals surface area (Å²) in [5, 5.41) is 4.85. The highest BCUT2D eigenvalue weighted by Gasteiger charge is 2.18. The SMILES string of the molecule is C=C(C)[C@@H]1CC=C(C)C(=NNC(=O)COc2ccc(Cl)cc2)C1. The van der Waals surface area contributed by atoms with Gasteiger partial charge in [-0.25, -0.2) is 5.43 Å². The molecule has 122 valence electrons. The Morgan fingerprint density at radius 1 is 1.43 bits per heavy atom. The molecule has 23 heavy (non-hydrogen) atoms. The number of nitrogens with zero attached hydrogens (tertiary/aromatic N) is 1. The zero-order valence-corrected chi connectivity index (χ0v) is 14.2. The van der Waals surface area contributed by atoms with E-state index in [9.17, 15) is 4.79 Å². The number of ether oxygens (including phenoxy) is 1. The Bertz CT molecular complexity index is 647. The van der Waals surface area contributed by atoms with E-state index in [2.05, 4.69) is 23.2 Å². The smallest absolute Gasteiger partial charge is 0.277 e. The van der Waals surface area contributed by atoms with Crippen LogP contribution in [0.4, 0.5) is 0 Å². The molecule has 0 saturated heterocycles. The molecule has 1 aromatic rings. The van der Waals surface area contributed by atoms with Gasteiger partial charge in [-0.1, -0.05) is 29.8 Å². The molecule has 1 atom stereocenters. The summed E-state index contributed by atoms with van der Waals surface area (Å²) in [6.45, 7) is 7.94. The van der Waals surface area contributed by atoms with Gasteiger partial charge in [0, 0.05) is 5.02 Å². The number of rotatable bonds is 5. The molecule has 0 fully saturated rings. The number of hydrogen-bond donors (Lipinski definition) is 1. The second kappa shape index (κ2) is 7.97. The largest absolute Gasteiger partial charge is 0.484 e. The molecule has 0 bridgehead atoms. The normalized spacial score (nSPS) is 19.2. The molecule has 1 amide bonds. The molecular formula is C18H21ClN2O2. The predicted octanol–water partition coefficient (Wildman–Crippen LogP) is 4.12. The average molecular weight is 333 g/mol. The van der Waals surface area contributed by atoms with Crippen LogP contribution in [-0.4, -0.2) is 18.2 Å². The topological polar surface area (TPSA) is 50.7 Å². The van der Waals surface area contributed by atoms with Crippen molar-refractivity contribution >= 4 is 23.2 Å².